The third-order valence-electron chi connectivity index (χ3n) is 2.30. The molecule has 1 aromatic rings. The van der Waals surface area contributed by atoms with Crippen molar-refractivity contribution in [3.8, 4) is 5.75 Å². The van der Waals surface area contributed by atoms with Crippen LogP contribution in [0.5, 0.6) is 5.75 Å². The van der Waals surface area contributed by atoms with Crippen molar-refractivity contribution >= 4 is 9.84 Å². The molecule has 4 nitrogen and oxygen atoms in total. The second-order valence-corrected chi connectivity index (χ2v) is 5.65. The van der Waals surface area contributed by atoms with E-state index in [-0.39, 0.29) is 16.4 Å². The molecular weight excluding hydrogens is 245 g/mol. The molecule has 0 saturated carbocycles. The summed E-state index contributed by atoms with van der Waals surface area (Å²) in [5.74, 6) is -0.443. The van der Waals surface area contributed by atoms with E-state index in [1.165, 1.54) is 19.2 Å². The Bertz CT molecular complexity index is 474. The van der Waals surface area contributed by atoms with E-state index in [4.69, 9.17) is 4.74 Å². The Kier molecular flexibility index (Phi) is 4.89. The first kappa shape index (κ1) is 13.9. The molecule has 0 heterocycles. The molecule has 0 aliphatic carbocycles. The van der Waals surface area contributed by atoms with E-state index in [0.717, 1.165) is 6.07 Å². The van der Waals surface area contributed by atoms with Crippen LogP contribution in [0, 0.1) is 5.82 Å². The summed E-state index contributed by atoms with van der Waals surface area (Å²) in [6, 6.07) is 3.49. The molecule has 0 unspecified atom stereocenters. The molecule has 0 amide bonds. The third-order valence-corrected chi connectivity index (χ3v) is 4.12. The number of halogens is 1. The zero-order valence-electron chi connectivity index (χ0n) is 9.86. The lowest BCUT2D eigenvalue weighted by atomic mass is 10.3. The highest BCUT2D eigenvalue weighted by molar-refractivity contribution is 7.91. The van der Waals surface area contributed by atoms with E-state index in [0.29, 0.717) is 13.0 Å². The molecule has 0 bridgehead atoms. The van der Waals surface area contributed by atoms with E-state index >= 15 is 0 Å². The second kappa shape index (κ2) is 5.97. The van der Waals surface area contributed by atoms with Crippen LogP contribution in [0.3, 0.4) is 0 Å². The molecule has 1 rings (SSSR count). The molecule has 0 aliphatic rings. The van der Waals surface area contributed by atoms with Gasteiger partial charge in [0, 0.05) is 0 Å². The molecule has 6 heteroatoms. The minimum atomic E-state index is -3.50. The number of benzene rings is 1. The Labute approximate surface area is 101 Å². The van der Waals surface area contributed by atoms with Crippen LogP contribution in [-0.4, -0.2) is 34.9 Å². The van der Waals surface area contributed by atoms with Crippen molar-refractivity contribution in [1.29, 1.82) is 0 Å². The topological polar surface area (TPSA) is 55.4 Å². The van der Waals surface area contributed by atoms with Crippen LogP contribution in [0.2, 0.25) is 0 Å². The van der Waals surface area contributed by atoms with Gasteiger partial charge in [-0.2, -0.15) is 0 Å². The summed E-state index contributed by atoms with van der Waals surface area (Å²) in [7, 11) is -0.396. The number of rotatable bonds is 6. The molecule has 1 N–H and O–H groups in total. The highest BCUT2D eigenvalue weighted by atomic mass is 32.2. The first-order valence-electron chi connectivity index (χ1n) is 5.22. The number of hydrogen-bond donors (Lipinski definition) is 1. The van der Waals surface area contributed by atoms with Gasteiger partial charge < -0.3 is 10.1 Å². The Morgan fingerprint density at radius 2 is 2.12 bits per heavy atom. The summed E-state index contributed by atoms with van der Waals surface area (Å²) >= 11 is 0. The molecule has 0 spiro atoms. The van der Waals surface area contributed by atoms with Gasteiger partial charge in [-0.3, -0.25) is 0 Å². The smallest absolute Gasteiger partial charge is 0.182 e. The van der Waals surface area contributed by atoms with Crippen molar-refractivity contribution < 1.29 is 17.5 Å². The van der Waals surface area contributed by atoms with Crippen LogP contribution in [0.25, 0.3) is 0 Å². The number of hydrogen-bond acceptors (Lipinski definition) is 4. The summed E-state index contributed by atoms with van der Waals surface area (Å²) in [4.78, 5) is -0.0869. The minimum absolute atomic E-state index is 0.0341. The van der Waals surface area contributed by atoms with Crippen LogP contribution in [-0.2, 0) is 9.84 Å². The standard InChI is InChI=1S/C11H16FNO3S/c1-13-6-3-7-17(14,15)11-8-9(12)4-5-10(11)16-2/h4-5,8,13H,3,6-7H2,1-2H3. The zero-order valence-corrected chi connectivity index (χ0v) is 10.7. The fourth-order valence-electron chi connectivity index (χ4n) is 1.44. The van der Waals surface area contributed by atoms with Crippen LogP contribution in [0.1, 0.15) is 6.42 Å². The van der Waals surface area contributed by atoms with Gasteiger partial charge in [0.05, 0.1) is 12.9 Å². The molecule has 0 atom stereocenters. The van der Waals surface area contributed by atoms with Crippen LogP contribution < -0.4 is 10.1 Å². The number of sulfone groups is 1. The van der Waals surface area contributed by atoms with Gasteiger partial charge in [-0.1, -0.05) is 0 Å². The van der Waals surface area contributed by atoms with Crippen molar-refractivity contribution in [1.82, 2.24) is 5.32 Å². The lowest BCUT2D eigenvalue weighted by Gasteiger charge is -2.09. The van der Waals surface area contributed by atoms with Crippen LogP contribution in [0.15, 0.2) is 23.1 Å². The van der Waals surface area contributed by atoms with E-state index in [1.54, 1.807) is 7.05 Å². The van der Waals surface area contributed by atoms with E-state index in [1.807, 2.05) is 0 Å². The first-order valence-corrected chi connectivity index (χ1v) is 6.87. The van der Waals surface area contributed by atoms with Gasteiger partial charge in [0.2, 0.25) is 0 Å². The Hall–Kier alpha value is -1.14. The summed E-state index contributed by atoms with van der Waals surface area (Å²) in [5, 5.41) is 2.86. The van der Waals surface area contributed by atoms with Crippen molar-refractivity contribution in [2.75, 3.05) is 26.5 Å². The highest BCUT2D eigenvalue weighted by Gasteiger charge is 2.19. The maximum absolute atomic E-state index is 13.1. The fourth-order valence-corrected chi connectivity index (χ4v) is 2.94. The summed E-state index contributed by atoms with van der Waals surface area (Å²) in [6.45, 7) is 0.594. The molecule has 0 aliphatic heterocycles. The third kappa shape index (κ3) is 3.67. The molecule has 0 radical (unpaired) electrons. The monoisotopic (exact) mass is 261 g/mol. The van der Waals surface area contributed by atoms with Gasteiger partial charge in [0.1, 0.15) is 16.5 Å². The lowest BCUT2D eigenvalue weighted by molar-refractivity contribution is 0.401. The maximum Gasteiger partial charge on any atom is 0.182 e. The van der Waals surface area contributed by atoms with E-state index in [9.17, 15) is 12.8 Å². The van der Waals surface area contributed by atoms with Gasteiger partial charge >= 0.3 is 0 Å². The number of methoxy groups -OCH3 is 1. The zero-order chi connectivity index (χ0) is 12.9. The lowest BCUT2D eigenvalue weighted by Crippen LogP contribution is -2.15. The Balaban J connectivity index is 3.00. The normalized spacial score (nSPS) is 11.5. The SMILES string of the molecule is CNCCCS(=O)(=O)c1cc(F)ccc1OC. The predicted molar refractivity (Wildman–Crippen MR) is 63.5 cm³/mol. The first-order chi connectivity index (χ1) is 8.01. The Morgan fingerprint density at radius 3 is 2.71 bits per heavy atom. The molecule has 1 aromatic carbocycles. The largest absolute Gasteiger partial charge is 0.495 e. The Morgan fingerprint density at radius 1 is 1.41 bits per heavy atom. The average Bonchev–Trinajstić information content (AvgIpc) is 2.29. The predicted octanol–water partition coefficient (Wildman–Crippen LogP) is 1.22. The van der Waals surface area contributed by atoms with Crippen molar-refractivity contribution in [3.05, 3.63) is 24.0 Å². The van der Waals surface area contributed by atoms with Gasteiger partial charge in [-0.25, -0.2) is 12.8 Å². The minimum Gasteiger partial charge on any atom is -0.495 e. The molecule has 0 saturated heterocycles. The van der Waals surface area contributed by atoms with Crippen LogP contribution in [0.4, 0.5) is 4.39 Å². The molecule has 96 valence electrons. The maximum atomic E-state index is 13.1. The average molecular weight is 261 g/mol. The van der Waals surface area contributed by atoms with Gasteiger partial charge in [0.25, 0.3) is 0 Å². The molecule has 0 aromatic heterocycles. The highest BCUT2D eigenvalue weighted by Crippen LogP contribution is 2.25. The van der Waals surface area contributed by atoms with Crippen molar-refractivity contribution in [2.45, 2.75) is 11.3 Å². The summed E-state index contributed by atoms with van der Waals surface area (Å²) in [5.41, 5.74) is 0. The van der Waals surface area contributed by atoms with E-state index in [2.05, 4.69) is 5.32 Å². The fraction of sp³-hybridized carbons (Fsp3) is 0.455. The van der Waals surface area contributed by atoms with Crippen molar-refractivity contribution in [3.63, 3.8) is 0 Å². The van der Waals surface area contributed by atoms with E-state index < -0.39 is 15.7 Å². The van der Waals surface area contributed by atoms with Crippen LogP contribution >= 0.6 is 0 Å². The second-order valence-electron chi connectivity index (χ2n) is 3.57. The van der Waals surface area contributed by atoms with Crippen molar-refractivity contribution in [2.24, 2.45) is 0 Å². The summed E-state index contributed by atoms with van der Waals surface area (Å²) in [6.07, 6.45) is 0.471. The molecular formula is C11H16FNO3S. The molecule has 17 heavy (non-hydrogen) atoms. The van der Waals surface area contributed by atoms with Gasteiger partial charge in [0.15, 0.2) is 9.84 Å². The summed E-state index contributed by atoms with van der Waals surface area (Å²) < 4.78 is 41.9. The number of ether oxygens (including phenoxy) is 1. The van der Waals surface area contributed by atoms with Gasteiger partial charge in [-0.05, 0) is 38.2 Å². The number of nitrogens with one attached hydrogen (secondary N) is 1. The van der Waals surface area contributed by atoms with Gasteiger partial charge in [-0.15, -0.1) is 0 Å². The quantitative estimate of drug-likeness (QED) is 0.782. The molecule has 0 fully saturated rings.